The monoisotopic (exact) mass is 323 g/mol. The van der Waals surface area contributed by atoms with Crippen LogP contribution in [0.4, 0.5) is 5.69 Å². The number of carbonyl (C=O) groups excluding carboxylic acids is 1. The van der Waals surface area contributed by atoms with E-state index in [2.05, 4.69) is 4.72 Å². The highest BCUT2D eigenvalue weighted by Crippen LogP contribution is 2.32. The first-order chi connectivity index (χ1) is 10.4. The van der Waals surface area contributed by atoms with Crippen LogP contribution in [-0.2, 0) is 21.2 Å². The van der Waals surface area contributed by atoms with Crippen molar-refractivity contribution >= 4 is 21.6 Å². The lowest BCUT2D eigenvalue weighted by molar-refractivity contribution is -0.116. The summed E-state index contributed by atoms with van der Waals surface area (Å²) in [5.41, 5.74) is 7.64. The predicted octanol–water partition coefficient (Wildman–Crippen LogP) is 0.611. The highest BCUT2D eigenvalue weighted by atomic mass is 32.2. The number of anilines is 1. The molecule has 0 aromatic heterocycles. The van der Waals surface area contributed by atoms with Crippen LogP contribution in [0, 0.1) is 5.92 Å². The number of rotatable bonds is 5. The number of nitrogens with two attached hydrogens (primary N) is 1. The summed E-state index contributed by atoms with van der Waals surface area (Å²) < 4.78 is 27.3. The van der Waals surface area contributed by atoms with Crippen molar-refractivity contribution in [3.63, 3.8) is 0 Å². The molecular weight excluding hydrogens is 302 g/mol. The fraction of sp³-hybridized carbons (Fsp3) is 0.533. The van der Waals surface area contributed by atoms with Crippen molar-refractivity contribution < 1.29 is 13.2 Å². The van der Waals surface area contributed by atoms with Crippen molar-refractivity contribution in [1.82, 2.24) is 4.72 Å². The number of nitrogens with zero attached hydrogens (tertiary/aromatic N) is 1. The van der Waals surface area contributed by atoms with Crippen LogP contribution in [0.2, 0.25) is 0 Å². The van der Waals surface area contributed by atoms with E-state index in [0.29, 0.717) is 18.2 Å². The molecule has 1 heterocycles. The first-order valence-corrected chi connectivity index (χ1v) is 9.03. The molecule has 0 saturated heterocycles. The van der Waals surface area contributed by atoms with Crippen LogP contribution in [0.1, 0.15) is 25.3 Å². The summed E-state index contributed by atoms with van der Waals surface area (Å²) in [7, 11) is -3.60. The summed E-state index contributed by atoms with van der Waals surface area (Å²) in [4.78, 5) is 13.4. The van der Waals surface area contributed by atoms with Gasteiger partial charge in [0.05, 0.1) is 4.90 Å². The van der Waals surface area contributed by atoms with Gasteiger partial charge < -0.3 is 10.6 Å². The van der Waals surface area contributed by atoms with Crippen LogP contribution in [0.25, 0.3) is 0 Å². The van der Waals surface area contributed by atoms with Gasteiger partial charge in [-0.3, -0.25) is 4.79 Å². The van der Waals surface area contributed by atoms with Gasteiger partial charge in [0.15, 0.2) is 0 Å². The Morgan fingerprint density at radius 3 is 2.82 bits per heavy atom. The number of hydrogen-bond donors (Lipinski definition) is 2. The van der Waals surface area contributed by atoms with Gasteiger partial charge in [-0.25, -0.2) is 13.1 Å². The molecule has 1 aliphatic carbocycles. The van der Waals surface area contributed by atoms with E-state index in [4.69, 9.17) is 5.73 Å². The summed E-state index contributed by atoms with van der Waals surface area (Å²) in [5.74, 6) is 0.368. The van der Waals surface area contributed by atoms with Gasteiger partial charge in [0.1, 0.15) is 0 Å². The van der Waals surface area contributed by atoms with Gasteiger partial charge in [0.25, 0.3) is 0 Å². The Bertz CT molecular complexity index is 698. The minimum absolute atomic E-state index is 0.0722. The van der Waals surface area contributed by atoms with Gasteiger partial charge in [0, 0.05) is 31.7 Å². The SMILES string of the molecule is CC(=O)N1CCc2ccc(S(=O)(=O)NCC(N)C3CC3)cc21. The lowest BCUT2D eigenvalue weighted by Crippen LogP contribution is -2.38. The highest BCUT2D eigenvalue weighted by Gasteiger charge is 2.30. The Labute approximate surface area is 130 Å². The van der Waals surface area contributed by atoms with Crippen molar-refractivity contribution in [2.75, 3.05) is 18.0 Å². The van der Waals surface area contributed by atoms with Crippen LogP contribution in [0.3, 0.4) is 0 Å². The molecule has 1 saturated carbocycles. The molecule has 3 N–H and O–H groups in total. The Morgan fingerprint density at radius 1 is 1.45 bits per heavy atom. The molecule has 1 aromatic carbocycles. The molecule has 22 heavy (non-hydrogen) atoms. The molecule has 0 bridgehead atoms. The third-order valence-electron chi connectivity index (χ3n) is 4.38. The summed E-state index contributed by atoms with van der Waals surface area (Å²) >= 11 is 0. The number of fused-ring (bicyclic) bond motifs is 1. The van der Waals surface area contributed by atoms with Crippen LogP contribution >= 0.6 is 0 Å². The van der Waals surface area contributed by atoms with E-state index < -0.39 is 10.0 Å². The van der Waals surface area contributed by atoms with E-state index in [-0.39, 0.29) is 23.4 Å². The van der Waals surface area contributed by atoms with Crippen molar-refractivity contribution in [1.29, 1.82) is 0 Å². The largest absolute Gasteiger partial charge is 0.326 e. The van der Waals surface area contributed by atoms with Gasteiger partial charge in [-0.05, 0) is 42.9 Å². The van der Waals surface area contributed by atoms with Gasteiger partial charge in [-0.1, -0.05) is 6.07 Å². The van der Waals surface area contributed by atoms with Gasteiger partial charge >= 0.3 is 0 Å². The minimum atomic E-state index is -3.60. The fourth-order valence-corrected chi connectivity index (χ4v) is 3.93. The van der Waals surface area contributed by atoms with Crippen LogP contribution in [0.15, 0.2) is 23.1 Å². The number of sulfonamides is 1. The summed E-state index contributed by atoms with van der Waals surface area (Å²) in [6.45, 7) is 2.35. The first-order valence-electron chi connectivity index (χ1n) is 7.55. The molecule has 1 aromatic rings. The topological polar surface area (TPSA) is 92.5 Å². The molecule has 1 atom stereocenters. The summed E-state index contributed by atoms with van der Waals surface area (Å²) in [6, 6.07) is 4.83. The number of benzene rings is 1. The molecule has 7 heteroatoms. The third-order valence-corrected chi connectivity index (χ3v) is 5.80. The van der Waals surface area contributed by atoms with E-state index in [0.717, 1.165) is 24.8 Å². The van der Waals surface area contributed by atoms with E-state index in [9.17, 15) is 13.2 Å². The molecule has 0 radical (unpaired) electrons. The van der Waals surface area contributed by atoms with Crippen molar-refractivity contribution in [2.24, 2.45) is 11.7 Å². The molecular formula is C15H21N3O3S. The zero-order valence-corrected chi connectivity index (χ0v) is 13.4. The Morgan fingerprint density at radius 2 is 2.18 bits per heavy atom. The van der Waals surface area contributed by atoms with E-state index in [1.165, 1.54) is 6.92 Å². The van der Waals surface area contributed by atoms with Crippen LogP contribution in [-0.4, -0.2) is 33.5 Å². The molecule has 2 aliphatic rings. The molecule has 0 spiro atoms. The lowest BCUT2D eigenvalue weighted by atomic mass is 10.2. The van der Waals surface area contributed by atoms with E-state index >= 15 is 0 Å². The Hall–Kier alpha value is -1.44. The maximum Gasteiger partial charge on any atom is 0.240 e. The van der Waals surface area contributed by atoms with Gasteiger partial charge in [-0.2, -0.15) is 0 Å². The fourth-order valence-electron chi connectivity index (χ4n) is 2.83. The maximum absolute atomic E-state index is 12.4. The van der Waals surface area contributed by atoms with Crippen molar-refractivity contribution in [3.8, 4) is 0 Å². The number of nitrogens with one attached hydrogen (secondary N) is 1. The van der Waals surface area contributed by atoms with Gasteiger partial charge in [0.2, 0.25) is 15.9 Å². The third kappa shape index (κ3) is 3.02. The normalized spacial score (nSPS) is 19.1. The average molecular weight is 323 g/mol. The lowest BCUT2D eigenvalue weighted by Gasteiger charge is -2.16. The maximum atomic E-state index is 12.4. The zero-order valence-electron chi connectivity index (χ0n) is 12.6. The molecule has 1 fully saturated rings. The number of amides is 1. The molecule has 3 rings (SSSR count). The van der Waals surface area contributed by atoms with Crippen LogP contribution < -0.4 is 15.4 Å². The molecule has 1 aliphatic heterocycles. The van der Waals surface area contributed by atoms with Crippen LogP contribution in [0.5, 0.6) is 0 Å². The second-order valence-corrected chi connectivity index (χ2v) is 7.83. The zero-order chi connectivity index (χ0) is 15.9. The first kappa shape index (κ1) is 15.5. The minimum Gasteiger partial charge on any atom is -0.326 e. The Kier molecular flexibility index (Phi) is 3.96. The number of carbonyl (C=O) groups is 1. The average Bonchev–Trinajstić information content (AvgIpc) is 3.23. The molecule has 1 amide bonds. The smallest absolute Gasteiger partial charge is 0.240 e. The standard InChI is InChI=1S/C15H21N3O3S/c1-10(19)18-7-6-12-4-5-13(8-15(12)18)22(20,21)17-9-14(16)11-2-3-11/h4-5,8,11,14,17H,2-3,6-7,9,16H2,1H3. The van der Waals surface area contributed by atoms with E-state index in [1.54, 1.807) is 23.1 Å². The molecule has 1 unspecified atom stereocenters. The van der Waals surface area contributed by atoms with Crippen molar-refractivity contribution in [2.45, 2.75) is 37.1 Å². The molecule has 120 valence electrons. The van der Waals surface area contributed by atoms with Gasteiger partial charge in [-0.15, -0.1) is 0 Å². The predicted molar refractivity (Wildman–Crippen MR) is 84.1 cm³/mol. The second-order valence-electron chi connectivity index (χ2n) is 6.06. The quantitative estimate of drug-likeness (QED) is 0.830. The number of hydrogen-bond acceptors (Lipinski definition) is 4. The summed E-state index contributed by atoms with van der Waals surface area (Å²) in [6.07, 6.45) is 2.92. The Balaban J connectivity index is 1.79. The second kappa shape index (κ2) is 5.64. The van der Waals surface area contributed by atoms with Crippen molar-refractivity contribution in [3.05, 3.63) is 23.8 Å². The summed E-state index contributed by atoms with van der Waals surface area (Å²) in [5, 5.41) is 0. The highest BCUT2D eigenvalue weighted by molar-refractivity contribution is 7.89. The van der Waals surface area contributed by atoms with E-state index in [1.807, 2.05) is 0 Å². The molecule has 6 nitrogen and oxygen atoms in total.